The second kappa shape index (κ2) is 6.42. The number of piperidine rings is 1. The summed E-state index contributed by atoms with van der Waals surface area (Å²) in [5.41, 5.74) is 3.42. The molecule has 1 aromatic carbocycles. The molecule has 4 nitrogen and oxygen atoms in total. The molecule has 2 aliphatic heterocycles. The molecular formula is C20H25N3O. The van der Waals surface area contributed by atoms with E-state index in [-0.39, 0.29) is 5.91 Å². The standard InChI is InChI=1S/C20H25N3O/c1-15-7-3-4-8-17(15)16-9-10-19-21-18(14-23(19)13-16)20(24)22-11-5-2-6-12-22/h3-4,7-8,14,16H,2,5-6,9-13H2,1H3/t16-/m1/s1. The molecule has 0 spiro atoms. The normalized spacial score (nSPS) is 20.7. The lowest BCUT2D eigenvalue weighted by atomic mass is 9.89. The number of rotatable bonds is 2. The Morgan fingerprint density at radius 2 is 1.96 bits per heavy atom. The molecule has 4 heteroatoms. The Morgan fingerprint density at radius 1 is 1.17 bits per heavy atom. The van der Waals surface area contributed by atoms with Crippen molar-refractivity contribution in [1.29, 1.82) is 0 Å². The Morgan fingerprint density at radius 3 is 2.75 bits per heavy atom. The highest BCUT2D eigenvalue weighted by Gasteiger charge is 2.26. The summed E-state index contributed by atoms with van der Waals surface area (Å²) >= 11 is 0. The fraction of sp³-hybridized carbons (Fsp3) is 0.500. The van der Waals surface area contributed by atoms with Crippen molar-refractivity contribution in [3.8, 4) is 0 Å². The lowest BCUT2D eigenvalue weighted by molar-refractivity contribution is 0.0718. The SMILES string of the molecule is Cc1ccccc1[C@@H]1CCc2nc(C(=O)N3CCCCC3)cn2C1. The van der Waals surface area contributed by atoms with E-state index < -0.39 is 0 Å². The quantitative estimate of drug-likeness (QED) is 0.848. The van der Waals surface area contributed by atoms with Gasteiger partial charge in [0.2, 0.25) is 0 Å². The van der Waals surface area contributed by atoms with E-state index in [0.29, 0.717) is 11.6 Å². The molecule has 0 aliphatic carbocycles. The first kappa shape index (κ1) is 15.4. The monoisotopic (exact) mass is 323 g/mol. The summed E-state index contributed by atoms with van der Waals surface area (Å²) in [7, 11) is 0. The molecule has 24 heavy (non-hydrogen) atoms. The highest BCUT2D eigenvalue weighted by molar-refractivity contribution is 5.92. The van der Waals surface area contributed by atoms with E-state index in [4.69, 9.17) is 0 Å². The van der Waals surface area contributed by atoms with Crippen LogP contribution in [0.15, 0.2) is 30.5 Å². The third kappa shape index (κ3) is 2.85. The number of hydrogen-bond donors (Lipinski definition) is 0. The van der Waals surface area contributed by atoms with Gasteiger partial charge in [0, 0.05) is 38.2 Å². The van der Waals surface area contributed by atoms with Crippen molar-refractivity contribution in [1.82, 2.24) is 14.5 Å². The zero-order valence-corrected chi connectivity index (χ0v) is 14.4. The Labute approximate surface area is 143 Å². The molecule has 126 valence electrons. The molecule has 1 fully saturated rings. The van der Waals surface area contributed by atoms with Crippen LogP contribution in [0.1, 0.15) is 59.0 Å². The van der Waals surface area contributed by atoms with Gasteiger partial charge in [-0.1, -0.05) is 24.3 Å². The Hall–Kier alpha value is -2.10. The van der Waals surface area contributed by atoms with Gasteiger partial charge in [-0.3, -0.25) is 4.79 Å². The fourth-order valence-electron chi connectivity index (χ4n) is 4.10. The van der Waals surface area contributed by atoms with Crippen LogP contribution >= 0.6 is 0 Å². The topological polar surface area (TPSA) is 38.1 Å². The first-order valence-corrected chi connectivity index (χ1v) is 9.13. The first-order chi connectivity index (χ1) is 11.7. The van der Waals surface area contributed by atoms with E-state index in [1.807, 2.05) is 11.1 Å². The molecule has 0 bridgehead atoms. The number of carbonyl (C=O) groups is 1. The zero-order valence-electron chi connectivity index (χ0n) is 14.4. The van der Waals surface area contributed by atoms with E-state index in [9.17, 15) is 4.79 Å². The van der Waals surface area contributed by atoms with Crippen molar-refractivity contribution in [2.45, 2.75) is 51.5 Å². The lowest BCUT2D eigenvalue weighted by Crippen LogP contribution is -2.35. The molecule has 1 saturated heterocycles. The first-order valence-electron chi connectivity index (χ1n) is 9.13. The Kier molecular flexibility index (Phi) is 4.13. The molecular weight excluding hydrogens is 298 g/mol. The highest BCUT2D eigenvalue weighted by Crippen LogP contribution is 2.30. The average molecular weight is 323 g/mol. The van der Waals surface area contributed by atoms with E-state index >= 15 is 0 Å². The molecule has 0 unspecified atom stereocenters. The molecule has 3 heterocycles. The van der Waals surface area contributed by atoms with Crippen molar-refractivity contribution in [3.63, 3.8) is 0 Å². The predicted molar refractivity (Wildman–Crippen MR) is 94.2 cm³/mol. The number of nitrogens with zero attached hydrogens (tertiary/aromatic N) is 3. The molecule has 1 amide bonds. The second-order valence-electron chi connectivity index (χ2n) is 7.14. The second-order valence-corrected chi connectivity index (χ2v) is 7.14. The molecule has 1 atom stereocenters. The van der Waals surface area contributed by atoms with Gasteiger partial charge < -0.3 is 9.47 Å². The van der Waals surface area contributed by atoms with Crippen LogP contribution in [0.2, 0.25) is 0 Å². The summed E-state index contributed by atoms with van der Waals surface area (Å²) in [4.78, 5) is 19.3. The van der Waals surface area contributed by atoms with Gasteiger partial charge in [0.25, 0.3) is 5.91 Å². The maximum Gasteiger partial charge on any atom is 0.274 e. The number of aryl methyl sites for hydroxylation is 2. The lowest BCUT2D eigenvalue weighted by Gasteiger charge is -2.25. The number of likely N-dealkylation sites (tertiary alicyclic amines) is 1. The van der Waals surface area contributed by atoms with Gasteiger partial charge in [0.05, 0.1) is 0 Å². The minimum atomic E-state index is 0.115. The fourth-order valence-corrected chi connectivity index (χ4v) is 4.10. The third-order valence-corrected chi connectivity index (χ3v) is 5.48. The van der Waals surface area contributed by atoms with Crippen LogP contribution in [0.25, 0.3) is 0 Å². The van der Waals surface area contributed by atoms with E-state index in [1.54, 1.807) is 0 Å². The summed E-state index contributed by atoms with van der Waals surface area (Å²) in [6.07, 6.45) is 7.52. The van der Waals surface area contributed by atoms with Gasteiger partial charge in [-0.05, 0) is 43.7 Å². The van der Waals surface area contributed by atoms with Gasteiger partial charge in [-0.2, -0.15) is 0 Å². The van der Waals surface area contributed by atoms with Crippen LogP contribution in [0.3, 0.4) is 0 Å². The summed E-state index contributed by atoms with van der Waals surface area (Å²) in [5.74, 6) is 1.70. The van der Waals surface area contributed by atoms with Gasteiger partial charge in [0.15, 0.2) is 0 Å². The van der Waals surface area contributed by atoms with Crippen LogP contribution in [0, 0.1) is 6.92 Å². The van der Waals surface area contributed by atoms with Gasteiger partial charge in [-0.25, -0.2) is 4.98 Å². The number of fused-ring (bicyclic) bond motifs is 1. The molecule has 2 aliphatic rings. The number of amides is 1. The van der Waals surface area contributed by atoms with Gasteiger partial charge >= 0.3 is 0 Å². The van der Waals surface area contributed by atoms with E-state index in [1.165, 1.54) is 17.5 Å². The highest BCUT2D eigenvalue weighted by atomic mass is 16.2. The van der Waals surface area contributed by atoms with Crippen molar-refractivity contribution in [2.75, 3.05) is 13.1 Å². The van der Waals surface area contributed by atoms with Crippen LogP contribution in [-0.2, 0) is 13.0 Å². The number of carbonyl (C=O) groups excluding carboxylic acids is 1. The van der Waals surface area contributed by atoms with Crippen LogP contribution in [-0.4, -0.2) is 33.4 Å². The van der Waals surface area contributed by atoms with Crippen molar-refractivity contribution in [2.24, 2.45) is 0 Å². The van der Waals surface area contributed by atoms with E-state index in [0.717, 1.165) is 51.1 Å². The van der Waals surface area contributed by atoms with E-state index in [2.05, 4.69) is 40.7 Å². The largest absolute Gasteiger partial charge is 0.337 e. The number of imidazole rings is 1. The maximum absolute atomic E-state index is 12.7. The molecule has 4 rings (SSSR count). The smallest absolute Gasteiger partial charge is 0.274 e. The van der Waals surface area contributed by atoms with Gasteiger partial charge in [0.1, 0.15) is 11.5 Å². The Balaban J connectivity index is 1.54. The molecule has 2 aromatic rings. The number of benzene rings is 1. The van der Waals surface area contributed by atoms with Crippen LogP contribution < -0.4 is 0 Å². The Bertz CT molecular complexity index is 743. The van der Waals surface area contributed by atoms with Gasteiger partial charge in [-0.15, -0.1) is 0 Å². The molecule has 0 saturated carbocycles. The summed E-state index contributed by atoms with van der Waals surface area (Å²) in [6.45, 7) is 4.88. The van der Waals surface area contributed by atoms with Crippen LogP contribution in [0.5, 0.6) is 0 Å². The van der Waals surface area contributed by atoms with Crippen LogP contribution in [0.4, 0.5) is 0 Å². The average Bonchev–Trinajstić information content (AvgIpc) is 3.05. The van der Waals surface area contributed by atoms with Crippen molar-refractivity contribution in [3.05, 3.63) is 53.1 Å². The predicted octanol–water partition coefficient (Wildman–Crippen LogP) is 3.55. The minimum absolute atomic E-state index is 0.115. The summed E-state index contributed by atoms with van der Waals surface area (Å²) < 4.78 is 2.21. The number of hydrogen-bond acceptors (Lipinski definition) is 2. The zero-order chi connectivity index (χ0) is 16.5. The number of aromatic nitrogens is 2. The van der Waals surface area contributed by atoms with Crippen molar-refractivity contribution >= 4 is 5.91 Å². The van der Waals surface area contributed by atoms with Crippen molar-refractivity contribution < 1.29 is 4.79 Å². The third-order valence-electron chi connectivity index (χ3n) is 5.48. The summed E-state index contributed by atoms with van der Waals surface area (Å²) in [6, 6.07) is 8.64. The summed E-state index contributed by atoms with van der Waals surface area (Å²) in [5, 5.41) is 0. The maximum atomic E-state index is 12.7. The molecule has 1 aromatic heterocycles. The minimum Gasteiger partial charge on any atom is -0.337 e. The molecule has 0 N–H and O–H groups in total. The molecule has 0 radical (unpaired) electrons.